The van der Waals surface area contributed by atoms with Gasteiger partial charge in [0.05, 0.1) is 0 Å². The number of carbonyl (C=O) groups excluding carboxylic acids is 1. The van der Waals surface area contributed by atoms with Gasteiger partial charge in [-0.25, -0.2) is 4.79 Å². The fourth-order valence-corrected chi connectivity index (χ4v) is 2.81. The first-order valence-electron chi connectivity index (χ1n) is 8.01. The smallest absolute Gasteiger partial charge is 0.380 e. The van der Waals surface area contributed by atoms with Crippen molar-refractivity contribution in [1.82, 2.24) is 10.2 Å². The van der Waals surface area contributed by atoms with Gasteiger partial charge in [-0.05, 0) is 18.4 Å². The first kappa shape index (κ1) is 18.6. The van der Waals surface area contributed by atoms with Crippen molar-refractivity contribution in [2.45, 2.75) is 44.4 Å². The Morgan fingerprint density at radius 2 is 2.00 bits per heavy atom. The maximum absolute atomic E-state index is 12.8. The van der Waals surface area contributed by atoms with Crippen LogP contribution in [-0.4, -0.2) is 47.4 Å². The molecule has 1 heterocycles. The molecular formula is C17H23F3N2O2. The molecule has 2 amide bonds. The average Bonchev–Trinajstić information content (AvgIpc) is 2.52. The van der Waals surface area contributed by atoms with Crippen LogP contribution in [0, 0.1) is 6.92 Å². The number of carbonyl (C=O) groups is 1. The third-order valence-corrected chi connectivity index (χ3v) is 4.58. The molecule has 0 spiro atoms. The van der Waals surface area contributed by atoms with Crippen LogP contribution in [0.1, 0.15) is 36.8 Å². The summed E-state index contributed by atoms with van der Waals surface area (Å²) in [4.78, 5) is 13.4. The summed E-state index contributed by atoms with van der Waals surface area (Å²) in [7, 11) is 0. The van der Waals surface area contributed by atoms with Gasteiger partial charge in [-0.2, -0.15) is 13.2 Å². The van der Waals surface area contributed by atoms with Gasteiger partial charge in [0, 0.05) is 32.5 Å². The van der Waals surface area contributed by atoms with E-state index < -0.39 is 30.7 Å². The molecule has 0 bridgehead atoms. The highest BCUT2D eigenvalue weighted by molar-refractivity contribution is 5.74. The molecule has 1 unspecified atom stereocenters. The van der Waals surface area contributed by atoms with E-state index >= 15 is 0 Å². The normalized spacial score (nSPS) is 19.0. The molecule has 4 nitrogen and oxygen atoms in total. The Labute approximate surface area is 139 Å². The summed E-state index contributed by atoms with van der Waals surface area (Å²) in [6, 6.07) is 7.57. The largest absolute Gasteiger partial charge is 0.417 e. The van der Waals surface area contributed by atoms with E-state index in [-0.39, 0.29) is 19.0 Å². The quantitative estimate of drug-likeness (QED) is 0.885. The summed E-state index contributed by atoms with van der Waals surface area (Å²) >= 11 is 0. The lowest BCUT2D eigenvalue weighted by atomic mass is 9.91. The fraction of sp³-hybridized carbons (Fsp3) is 0.588. The first-order valence-corrected chi connectivity index (χ1v) is 8.01. The van der Waals surface area contributed by atoms with Crippen molar-refractivity contribution in [2.24, 2.45) is 0 Å². The van der Waals surface area contributed by atoms with Crippen LogP contribution in [0.4, 0.5) is 18.0 Å². The van der Waals surface area contributed by atoms with E-state index in [1.807, 2.05) is 38.1 Å². The van der Waals surface area contributed by atoms with Gasteiger partial charge in [0.2, 0.25) is 0 Å². The lowest BCUT2D eigenvalue weighted by Gasteiger charge is -2.39. The number of urea groups is 1. The minimum absolute atomic E-state index is 0.103. The molecule has 1 atom stereocenters. The number of hydrogen-bond donors (Lipinski definition) is 2. The molecule has 134 valence electrons. The Balaban J connectivity index is 1.84. The summed E-state index contributed by atoms with van der Waals surface area (Å²) in [5.41, 5.74) is -0.452. The fourth-order valence-electron chi connectivity index (χ4n) is 2.81. The van der Waals surface area contributed by atoms with Crippen molar-refractivity contribution in [3.8, 4) is 0 Å². The van der Waals surface area contributed by atoms with Crippen LogP contribution >= 0.6 is 0 Å². The molecule has 0 aliphatic carbocycles. The number of amides is 2. The second kappa shape index (κ2) is 7.01. The number of aliphatic hydroxyl groups is 1. The lowest BCUT2D eigenvalue weighted by Crippen LogP contribution is -2.56. The molecule has 0 radical (unpaired) electrons. The highest BCUT2D eigenvalue weighted by atomic mass is 19.4. The molecule has 2 rings (SSSR count). The summed E-state index contributed by atoms with van der Waals surface area (Å²) in [6.07, 6.45) is -5.63. The molecule has 1 saturated heterocycles. The maximum Gasteiger partial charge on any atom is 0.417 e. The zero-order valence-corrected chi connectivity index (χ0v) is 13.9. The third-order valence-electron chi connectivity index (χ3n) is 4.58. The van der Waals surface area contributed by atoms with Gasteiger partial charge in [-0.3, -0.25) is 0 Å². The standard InChI is InChI=1S/C17H23F3N2O2/c1-12-4-3-5-14(10-12)13(2)11-21-15(23)22-8-6-16(24,7-9-22)17(18,19)20/h3-5,10,13,24H,6-9,11H2,1-2H3,(H,21,23). The summed E-state index contributed by atoms with van der Waals surface area (Å²) in [6.45, 7) is 4.15. The zero-order valence-electron chi connectivity index (χ0n) is 13.9. The predicted molar refractivity (Wildman–Crippen MR) is 84.8 cm³/mol. The number of aryl methyl sites for hydroxylation is 1. The van der Waals surface area contributed by atoms with Crippen LogP contribution < -0.4 is 5.32 Å². The molecule has 0 aromatic heterocycles. The SMILES string of the molecule is Cc1cccc(C(C)CNC(=O)N2CCC(O)(C(F)(F)F)CC2)c1. The molecule has 7 heteroatoms. The van der Waals surface area contributed by atoms with E-state index in [4.69, 9.17) is 0 Å². The Hall–Kier alpha value is -1.76. The van der Waals surface area contributed by atoms with Crippen molar-refractivity contribution in [3.05, 3.63) is 35.4 Å². The van der Waals surface area contributed by atoms with E-state index in [9.17, 15) is 23.1 Å². The van der Waals surface area contributed by atoms with Crippen LogP contribution in [0.15, 0.2) is 24.3 Å². The Morgan fingerprint density at radius 3 is 2.54 bits per heavy atom. The molecule has 1 fully saturated rings. The van der Waals surface area contributed by atoms with Gasteiger partial charge in [0.25, 0.3) is 0 Å². The van der Waals surface area contributed by atoms with Crippen molar-refractivity contribution >= 4 is 6.03 Å². The maximum atomic E-state index is 12.8. The number of alkyl halides is 3. The van der Waals surface area contributed by atoms with Gasteiger partial charge in [0.1, 0.15) is 0 Å². The summed E-state index contributed by atoms with van der Waals surface area (Å²) in [5, 5.41) is 12.4. The highest BCUT2D eigenvalue weighted by Gasteiger charge is 2.54. The number of rotatable bonds is 3. The number of nitrogens with one attached hydrogen (secondary N) is 1. The van der Waals surface area contributed by atoms with Crippen molar-refractivity contribution in [2.75, 3.05) is 19.6 Å². The van der Waals surface area contributed by atoms with Crippen LogP contribution in [0.5, 0.6) is 0 Å². The zero-order chi connectivity index (χ0) is 18.0. The predicted octanol–water partition coefficient (Wildman–Crippen LogP) is 3.20. The van der Waals surface area contributed by atoms with E-state index in [2.05, 4.69) is 5.32 Å². The van der Waals surface area contributed by atoms with Crippen molar-refractivity contribution in [3.63, 3.8) is 0 Å². The van der Waals surface area contributed by atoms with E-state index in [1.54, 1.807) is 0 Å². The Morgan fingerprint density at radius 1 is 1.38 bits per heavy atom. The van der Waals surface area contributed by atoms with E-state index in [0.29, 0.717) is 6.54 Å². The van der Waals surface area contributed by atoms with Gasteiger partial charge in [-0.15, -0.1) is 0 Å². The second-order valence-corrected chi connectivity index (χ2v) is 6.52. The molecule has 1 aromatic carbocycles. The molecular weight excluding hydrogens is 321 g/mol. The number of likely N-dealkylation sites (tertiary alicyclic amines) is 1. The van der Waals surface area contributed by atoms with E-state index in [0.717, 1.165) is 11.1 Å². The van der Waals surface area contributed by atoms with Crippen LogP contribution in [0.3, 0.4) is 0 Å². The van der Waals surface area contributed by atoms with E-state index in [1.165, 1.54) is 4.90 Å². The van der Waals surface area contributed by atoms with Crippen molar-refractivity contribution < 1.29 is 23.1 Å². The van der Waals surface area contributed by atoms with Gasteiger partial charge in [-0.1, -0.05) is 36.8 Å². The molecule has 1 aromatic rings. The second-order valence-electron chi connectivity index (χ2n) is 6.52. The third kappa shape index (κ3) is 4.20. The Bertz CT molecular complexity index is 581. The molecule has 2 N–H and O–H groups in total. The Kier molecular flexibility index (Phi) is 5.42. The molecule has 0 saturated carbocycles. The topological polar surface area (TPSA) is 52.6 Å². The monoisotopic (exact) mass is 344 g/mol. The molecule has 1 aliphatic heterocycles. The van der Waals surface area contributed by atoms with Crippen LogP contribution in [-0.2, 0) is 0 Å². The van der Waals surface area contributed by atoms with Gasteiger partial charge in [0.15, 0.2) is 5.60 Å². The lowest BCUT2D eigenvalue weighted by molar-refractivity contribution is -0.271. The minimum atomic E-state index is -4.66. The number of piperidine rings is 1. The highest BCUT2D eigenvalue weighted by Crippen LogP contribution is 2.38. The van der Waals surface area contributed by atoms with Gasteiger partial charge < -0.3 is 15.3 Å². The minimum Gasteiger partial charge on any atom is -0.380 e. The number of halogens is 3. The van der Waals surface area contributed by atoms with Crippen LogP contribution in [0.25, 0.3) is 0 Å². The van der Waals surface area contributed by atoms with Crippen molar-refractivity contribution in [1.29, 1.82) is 0 Å². The summed E-state index contributed by atoms with van der Waals surface area (Å²) < 4.78 is 38.3. The number of nitrogens with zero attached hydrogens (tertiary/aromatic N) is 1. The van der Waals surface area contributed by atoms with Gasteiger partial charge >= 0.3 is 12.2 Å². The molecule has 24 heavy (non-hydrogen) atoms. The summed E-state index contributed by atoms with van der Waals surface area (Å²) in [5.74, 6) is 0.103. The number of benzene rings is 1. The average molecular weight is 344 g/mol. The number of hydrogen-bond acceptors (Lipinski definition) is 2. The molecule has 1 aliphatic rings. The van der Waals surface area contributed by atoms with Crippen LogP contribution in [0.2, 0.25) is 0 Å². The first-order chi connectivity index (χ1) is 11.1.